The van der Waals surface area contributed by atoms with Crippen LogP contribution in [-0.4, -0.2) is 32.6 Å². The normalized spacial score (nSPS) is 18.4. The molecule has 3 aromatic heterocycles. The molecule has 4 heterocycles. The van der Waals surface area contributed by atoms with Crippen molar-refractivity contribution in [2.45, 2.75) is 12.8 Å². The van der Waals surface area contributed by atoms with Gasteiger partial charge >= 0.3 is 0 Å². The summed E-state index contributed by atoms with van der Waals surface area (Å²) in [5, 5.41) is 3.42. The molecule has 1 saturated heterocycles. The van der Waals surface area contributed by atoms with Gasteiger partial charge in [-0.2, -0.15) is 0 Å². The summed E-state index contributed by atoms with van der Waals surface area (Å²) >= 11 is 0. The van der Waals surface area contributed by atoms with Crippen LogP contribution < -0.4 is 5.32 Å². The van der Waals surface area contributed by atoms with Gasteiger partial charge in [-0.3, -0.25) is 9.55 Å². The van der Waals surface area contributed by atoms with E-state index in [9.17, 15) is 0 Å². The first-order chi connectivity index (χ1) is 10.4. The number of pyridine rings is 2. The van der Waals surface area contributed by atoms with Gasteiger partial charge in [-0.25, -0.2) is 9.97 Å². The summed E-state index contributed by atoms with van der Waals surface area (Å²) < 4.78 is 2.14. The minimum atomic E-state index is 0.650. The highest BCUT2D eigenvalue weighted by Gasteiger charge is 2.20. The first-order valence-corrected chi connectivity index (χ1v) is 7.35. The lowest BCUT2D eigenvalue weighted by molar-refractivity contribution is 0.558. The molecule has 4 rings (SSSR count). The number of aromatic nitrogens is 4. The van der Waals surface area contributed by atoms with Crippen molar-refractivity contribution in [2.75, 3.05) is 13.1 Å². The highest BCUT2D eigenvalue weighted by atomic mass is 15.1. The molecular weight excluding hydrogens is 262 g/mol. The molecule has 0 amide bonds. The van der Waals surface area contributed by atoms with Crippen molar-refractivity contribution in [3.63, 3.8) is 0 Å². The molecule has 1 atom stereocenters. The third-order valence-corrected chi connectivity index (χ3v) is 4.02. The Morgan fingerprint density at radius 1 is 1.24 bits per heavy atom. The maximum Gasteiger partial charge on any atom is 0.164 e. The molecule has 106 valence electrons. The van der Waals surface area contributed by atoms with Crippen molar-refractivity contribution in [3.05, 3.63) is 48.7 Å². The Hall–Kier alpha value is -2.27. The zero-order valence-electron chi connectivity index (χ0n) is 11.7. The van der Waals surface area contributed by atoms with E-state index in [0.29, 0.717) is 5.92 Å². The van der Waals surface area contributed by atoms with E-state index in [1.807, 2.05) is 30.6 Å². The number of fused-ring (bicyclic) bond motifs is 1. The topological polar surface area (TPSA) is 55.6 Å². The van der Waals surface area contributed by atoms with Gasteiger partial charge in [0, 0.05) is 18.8 Å². The van der Waals surface area contributed by atoms with Gasteiger partial charge in [-0.15, -0.1) is 0 Å². The average Bonchev–Trinajstić information content (AvgIpc) is 3.15. The van der Waals surface area contributed by atoms with Crippen LogP contribution >= 0.6 is 0 Å². The van der Waals surface area contributed by atoms with Crippen LogP contribution in [0.5, 0.6) is 0 Å². The molecule has 1 unspecified atom stereocenters. The molecule has 3 aromatic rings. The summed E-state index contributed by atoms with van der Waals surface area (Å²) in [5.74, 6) is 1.72. The summed E-state index contributed by atoms with van der Waals surface area (Å²) in [6.45, 7) is 2.18. The Morgan fingerprint density at radius 3 is 3.00 bits per heavy atom. The van der Waals surface area contributed by atoms with E-state index < -0.39 is 0 Å². The van der Waals surface area contributed by atoms with Crippen molar-refractivity contribution in [1.82, 2.24) is 24.8 Å². The van der Waals surface area contributed by atoms with Gasteiger partial charge in [0.05, 0.1) is 11.9 Å². The quantitative estimate of drug-likeness (QED) is 0.796. The van der Waals surface area contributed by atoms with Crippen LogP contribution in [0.2, 0.25) is 0 Å². The van der Waals surface area contributed by atoms with Gasteiger partial charge < -0.3 is 5.32 Å². The van der Waals surface area contributed by atoms with Gasteiger partial charge in [0.15, 0.2) is 5.65 Å². The smallest absolute Gasteiger partial charge is 0.164 e. The molecule has 1 aliphatic rings. The lowest BCUT2D eigenvalue weighted by Gasteiger charge is -2.11. The molecule has 1 N–H and O–H groups in total. The predicted octanol–water partition coefficient (Wildman–Crippen LogP) is 1.97. The van der Waals surface area contributed by atoms with Crippen LogP contribution in [0, 0.1) is 5.92 Å². The van der Waals surface area contributed by atoms with E-state index in [4.69, 9.17) is 4.98 Å². The Morgan fingerprint density at radius 2 is 2.19 bits per heavy atom. The second-order valence-corrected chi connectivity index (χ2v) is 5.48. The fraction of sp³-hybridized carbons (Fsp3) is 0.312. The fourth-order valence-electron chi connectivity index (χ4n) is 3.00. The Kier molecular flexibility index (Phi) is 3.12. The van der Waals surface area contributed by atoms with Crippen molar-refractivity contribution in [3.8, 4) is 5.69 Å². The first-order valence-electron chi connectivity index (χ1n) is 7.35. The predicted molar refractivity (Wildman–Crippen MR) is 81.3 cm³/mol. The summed E-state index contributed by atoms with van der Waals surface area (Å²) in [4.78, 5) is 13.5. The highest BCUT2D eigenvalue weighted by Crippen LogP contribution is 2.22. The molecule has 0 saturated carbocycles. The first kappa shape index (κ1) is 12.5. The number of rotatable bonds is 3. The molecule has 0 bridgehead atoms. The maximum absolute atomic E-state index is 4.80. The average molecular weight is 279 g/mol. The standard InChI is InChI=1S/C16H17N5/c1-3-13(11-17-6-1)21-15(9-12-5-8-18-10-12)20-14-4-2-7-19-16(14)21/h1-4,6-7,11-12,18H,5,8-10H2. The summed E-state index contributed by atoms with van der Waals surface area (Å²) in [6, 6.07) is 7.96. The number of nitrogens with zero attached hydrogens (tertiary/aromatic N) is 4. The van der Waals surface area contributed by atoms with Gasteiger partial charge in [0.2, 0.25) is 0 Å². The van der Waals surface area contributed by atoms with Gasteiger partial charge in [0.1, 0.15) is 11.3 Å². The van der Waals surface area contributed by atoms with E-state index in [1.165, 1.54) is 6.42 Å². The highest BCUT2D eigenvalue weighted by molar-refractivity contribution is 5.73. The van der Waals surface area contributed by atoms with Crippen LogP contribution in [0.3, 0.4) is 0 Å². The Balaban J connectivity index is 1.84. The van der Waals surface area contributed by atoms with Crippen LogP contribution in [0.15, 0.2) is 42.9 Å². The van der Waals surface area contributed by atoms with E-state index in [2.05, 4.69) is 25.9 Å². The molecular formula is C16H17N5. The van der Waals surface area contributed by atoms with Crippen molar-refractivity contribution >= 4 is 11.2 Å². The molecule has 1 aliphatic heterocycles. The largest absolute Gasteiger partial charge is 0.316 e. The molecule has 21 heavy (non-hydrogen) atoms. The lowest BCUT2D eigenvalue weighted by Crippen LogP contribution is -2.13. The van der Waals surface area contributed by atoms with E-state index in [1.54, 1.807) is 6.20 Å². The summed E-state index contributed by atoms with van der Waals surface area (Å²) in [6.07, 6.45) is 7.66. The van der Waals surface area contributed by atoms with Crippen molar-refractivity contribution in [2.24, 2.45) is 5.92 Å². The third-order valence-electron chi connectivity index (χ3n) is 4.02. The van der Waals surface area contributed by atoms with Crippen molar-refractivity contribution < 1.29 is 0 Å². The zero-order chi connectivity index (χ0) is 14.1. The van der Waals surface area contributed by atoms with Crippen LogP contribution in [0.4, 0.5) is 0 Å². The Bertz CT molecular complexity index is 744. The minimum absolute atomic E-state index is 0.650. The SMILES string of the molecule is c1cncc(-n2c(CC3CCNC3)nc3cccnc32)c1. The molecule has 0 spiro atoms. The van der Waals surface area contributed by atoms with Crippen LogP contribution in [0.1, 0.15) is 12.2 Å². The second-order valence-electron chi connectivity index (χ2n) is 5.48. The molecule has 1 fully saturated rings. The molecule has 5 heteroatoms. The fourth-order valence-corrected chi connectivity index (χ4v) is 3.00. The molecule has 0 radical (unpaired) electrons. The van der Waals surface area contributed by atoms with Crippen LogP contribution in [-0.2, 0) is 6.42 Å². The van der Waals surface area contributed by atoms with Gasteiger partial charge in [-0.05, 0) is 49.7 Å². The lowest BCUT2D eigenvalue weighted by atomic mass is 10.0. The number of hydrogen-bond acceptors (Lipinski definition) is 4. The van der Waals surface area contributed by atoms with Gasteiger partial charge in [-0.1, -0.05) is 0 Å². The monoisotopic (exact) mass is 279 g/mol. The number of hydrogen-bond donors (Lipinski definition) is 1. The maximum atomic E-state index is 4.80. The van der Waals surface area contributed by atoms with Crippen molar-refractivity contribution in [1.29, 1.82) is 0 Å². The molecule has 0 aliphatic carbocycles. The molecule has 5 nitrogen and oxygen atoms in total. The van der Waals surface area contributed by atoms with E-state index >= 15 is 0 Å². The number of imidazole rings is 1. The van der Waals surface area contributed by atoms with Gasteiger partial charge in [0.25, 0.3) is 0 Å². The summed E-state index contributed by atoms with van der Waals surface area (Å²) in [5.41, 5.74) is 2.88. The van der Waals surface area contributed by atoms with E-state index in [-0.39, 0.29) is 0 Å². The minimum Gasteiger partial charge on any atom is -0.316 e. The zero-order valence-corrected chi connectivity index (χ0v) is 11.7. The second kappa shape index (κ2) is 5.26. The molecule has 0 aromatic carbocycles. The third kappa shape index (κ3) is 2.29. The summed E-state index contributed by atoms with van der Waals surface area (Å²) in [7, 11) is 0. The van der Waals surface area contributed by atoms with E-state index in [0.717, 1.165) is 42.2 Å². The number of nitrogens with one attached hydrogen (secondary N) is 1. The Labute approximate surface area is 123 Å². The van der Waals surface area contributed by atoms with Crippen LogP contribution in [0.25, 0.3) is 16.9 Å².